The molecule has 1 saturated heterocycles. The van der Waals surface area contributed by atoms with Gasteiger partial charge in [-0.15, -0.1) is 0 Å². The van der Waals surface area contributed by atoms with Gasteiger partial charge in [0.2, 0.25) is 0 Å². The van der Waals surface area contributed by atoms with E-state index in [0.717, 1.165) is 12.5 Å². The van der Waals surface area contributed by atoms with E-state index in [9.17, 15) is 0 Å². The van der Waals surface area contributed by atoms with E-state index < -0.39 is 0 Å². The van der Waals surface area contributed by atoms with Crippen molar-refractivity contribution in [2.45, 2.75) is 32.8 Å². The molecule has 2 aliphatic rings. The van der Waals surface area contributed by atoms with Gasteiger partial charge in [0.25, 0.3) is 0 Å². The molecule has 1 spiro atoms. The van der Waals surface area contributed by atoms with E-state index in [1.54, 1.807) is 0 Å². The molecule has 0 amide bonds. The quantitative estimate of drug-likeness (QED) is 0.383. The van der Waals surface area contributed by atoms with E-state index in [0.29, 0.717) is 5.92 Å². The number of allylic oxidation sites excluding steroid dienone is 1. The Labute approximate surface area is 68.4 Å². The normalized spacial score (nSPS) is 49.2. The molecule has 1 fully saturated rings. The first-order chi connectivity index (χ1) is 5.17. The molecule has 0 aromatic rings. The predicted molar refractivity (Wildman–Crippen MR) is 45.4 cm³/mol. The molecule has 0 N–H and O–H groups in total. The van der Waals surface area contributed by atoms with Crippen molar-refractivity contribution in [2.24, 2.45) is 11.8 Å². The maximum atomic E-state index is 5.56. The zero-order valence-corrected chi connectivity index (χ0v) is 7.55. The van der Waals surface area contributed by atoms with Gasteiger partial charge in [-0.05, 0) is 30.8 Å². The average molecular weight is 152 g/mol. The highest BCUT2D eigenvalue weighted by molar-refractivity contribution is 5.26. The fraction of sp³-hybridized carbons (Fsp3) is 0.800. The molecular formula is C10H16O. The Kier molecular flexibility index (Phi) is 1.40. The Morgan fingerprint density at radius 1 is 1.55 bits per heavy atom. The first-order valence-electron chi connectivity index (χ1n) is 4.48. The van der Waals surface area contributed by atoms with Crippen molar-refractivity contribution in [3.05, 3.63) is 11.6 Å². The predicted octanol–water partition coefficient (Wildman–Crippen LogP) is 2.38. The van der Waals surface area contributed by atoms with Crippen LogP contribution in [0.1, 0.15) is 27.2 Å². The molecule has 0 saturated carbocycles. The van der Waals surface area contributed by atoms with Gasteiger partial charge in [-0.1, -0.05) is 19.9 Å². The van der Waals surface area contributed by atoms with Crippen molar-refractivity contribution in [1.82, 2.24) is 0 Å². The van der Waals surface area contributed by atoms with Gasteiger partial charge in [0.05, 0.1) is 6.61 Å². The number of epoxide rings is 1. The SMILES string of the molecule is CC1=CCC(C)C(C)C12CO2. The molecule has 1 aliphatic carbocycles. The van der Waals surface area contributed by atoms with Crippen molar-refractivity contribution in [1.29, 1.82) is 0 Å². The summed E-state index contributed by atoms with van der Waals surface area (Å²) in [5, 5.41) is 0. The molecule has 2 rings (SSSR count). The minimum Gasteiger partial charge on any atom is -0.365 e. The molecule has 11 heavy (non-hydrogen) atoms. The fourth-order valence-corrected chi connectivity index (χ4v) is 2.13. The second-order valence-electron chi connectivity index (χ2n) is 4.07. The molecule has 0 aromatic carbocycles. The summed E-state index contributed by atoms with van der Waals surface area (Å²) < 4.78 is 5.56. The summed E-state index contributed by atoms with van der Waals surface area (Å²) >= 11 is 0. The largest absolute Gasteiger partial charge is 0.365 e. The molecular weight excluding hydrogens is 136 g/mol. The highest BCUT2D eigenvalue weighted by Crippen LogP contribution is 2.48. The average Bonchev–Trinajstić information content (AvgIpc) is 2.76. The molecule has 1 nitrogen and oxygen atoms in total. The maximum absolute atomic E-state index is 5.56. The van der Waals surface area contributed by atoms with Gasteiger partial charge in [-0.3, -0.25) is 0 Å². The van der Waals surface area contributed by atoms with Crippen LogP contribution in [0.25, 0.3) is 0 Å². The van der Waals surface area contributed by atoms with Crippen LogP contribution in [-0.2, 0) is 4.74 Å². The summed E-state index contributed by atoms with van der Waals surface area (Å²) in [6.45, 7) is 7.79. The molecule has 0 radical (unpaired) electrons. The van der Waals surface area contributed by atoms with E-state index in [2.05, 4.69) is 26.8 Å². The molecule has 0 bridgehead atoms. The summed E-state index contributed by atoms with van der Waals surface area (Å²) in [5.41, 5.74) is 1.64. The summed E-state index contributed by atoms with van der Waals surface area (Å²) in [4.78, 5) is 0. The molecule has 1 heterocycles. The van der Waals surface area contributed by atoms with Crippen LogP contribution >= 0.6 is 0 Å². The summed E-state index contributed by atoms with van der Waals surface area (Å²) in [7, 11) is 0. The molecule has 3 unspecified atom stereocenters. The Morgan fingerprint density at radius 3 is 2.64 bits per heavy atom. The summed E-state index contributed by atoms with van der Waals surface area (Å²) in [6.07, 6.45) is 3.58. The van der Waals surface area contributed by atoms with Crippen LogP contribution in [0.4, 0.5) is 0 Å². The minimum atomic E-state index is 0.178. The smallest absolute Gasteiger partial charge is 0.115 e. The van der Waals surface area contributed by atoms with Crippen LogP contribution in [0, 0.1) is 11.8 Å². The van der Waals surface area contributed by atoms with Gasteiger partial charge in [-0.2, -0.15) is 0 Å². The maximum Gasteiger partial charge on any atom is 0.115 e. The Morgan fingerprint density at radius 2 is 2.18 bits per heavy atom. The minimum absolute atomic E-state index is 0.178. The van der Waals surface area contributed by atoms with E-state index in [1.165, 1.54) is 12.0 Å². The lowest BCUT2D eigenvalue weighted by molar-refractivity contribution is 0.198. The van der Waals surface area contributed by atoms with Gasteiger partial charge < -0.3 is 4.74 Å². The van der Waals surface area contributed by atoms with Crippen LogP contribution in [0.3, 0.4) is 0 Å². The van der Waals surface area contributed by atoms with Crippen LogP contribution in [0.15, 0.2) is 11.6 Å². The Bertz CT molecular complexity index is 201. The topological polar surface area (TPSA) is 12.5 Å². The fourth-order valence-electron chi connectivity index (χ4n) is 2.13. The molecule has 1 aliphatic heterocycles. The third kappa shape index (κ3) is 0.871. The second kappa shape index (κ2) is 2.10. The van der Waals surface area contributed by atoms with E-state index in [4.69, 9.17) is 4.74 Å². The Hall–Kier alpha value is -0.300. The lowest BCUT2D eigenvalue weighted by Gasteiger charge is -2.30. The van der Waals surface area contributed by atoms with Crippen LogP contribution < -0.4 is 0 Å². The molecule has 1 heteroatoms. The van der Waals surface area contributed by atoms with Crippen molar-refractivity contribution in [3.63, 3.8) is 0 Å². The van der Waals surface area contributed by atoms with Gasteiger partial charge in [0, 0.05) is 0 Å². The summed E-state index contributed by atoms with van der Waals surface area (Å²) in [5.74, 6) is 1.51. The number of hydrogen-bond acceptors (Lipinski definition) is 1. The zero-order chi connectivity index (χ0) is 8.06. The van der Waals surface area contributed by atoms with Crippen LogP contribution in [-0.4, -0.2) is 12.2 Å². The lowest BCUT2D eigenvalue weighted by atomic mass is 9.74. The van der Waals surface area contributed by atoms with Crippen molar-refractivity contribution in [2.75, 3.05) is 6.61 Å². The van der Waals surface area contributed by atoms with E-state index in [1.807, 2.05) is 0 Å². The van der Waals surface area contributed by atoms with Gasteiger partial charge in [0.15, 0.2) is 0 Å². The van der Waals surface area contributed by atoms with Crippen LogP contribution in [0.2, 0.25) is 0 Å². The van der Waals surface area contributed by atoms with Crippen molar-refractivity contribution < 1.29 is 4.74 Å². The zero-order valence-electron chi connectivity index (χ0n) is 7.55. The Balaban J connectivity index is 2.28. The standard InChI is InChI=1S/C10H16O/c1-7-4-5-8(2)10(6-11-10)9(7)3/h5,7,9H,4,6H2,1-3H3. The van der Waals surface area contributed by atoms with Gasteiger partial charge in [-0.25, -0.2) is 0 Å². The third-order valence-corrected chi connectivity index (χ3v) is 3.51. The second-order valence-corrected chi connectivity index (χ2v) is 4.07. The van der Waals surface area contributed by atoms with Crippen LogP contribution in [0.5, 0.6) is 0 Å². The molecule has 0 aromatic heterocycles. The van der Waals surface area contributed by atoms with Gasteiger partial charge in [0.1, 0.15) is 5.60 Å². The highest BCUT2D eigenvalue weighted by Gasteiger charge is 2.53. The highest BCUT2D eigenvalue weighted by atomic mass is 16.6. The van der Waals surface area contributed by atoms with Gasteiger partial charge >= 0.3 is 0 Å². The first-order valence-corrected chi connectivity index (χ1v) is 4.48. The van der Waals surface area contributed by atoms with E-state index >= 15 is 0 Å². The lowest BCUT2D eigenvalue weighted by Crippen LogP contribution is -2.31. The number of hydrogen-bond donors (Lipinski definition) is 0. The van der Waals surface area contributed by atoms with Crippen molar-refractivity contribution in [3.8, 4) is 0 Å². The number of rotatable bonds is 0. The van der Waals surface area contributed by atoms with Crippen molar-refractivity contribution >= 4 is 0 Å². The monoisotopic (exact) mass is 152 g/mol. The summed E-state index contributed by atoms with van der Waals surface area (Å²) in [6, 6.07) is 0. The first kappa shape index (κ1) is 7.35. The molecule has 3 atom stereocenters. The third-order valence-electron chi connectivity index (χ3n) is 3.51. The number of ether oxygens (including phenoxy) is 1. The van der Waals surface area contributed by atoms with E-state index in [-0.39, 0.29) is 5.60 Å². The molecule has 62 valence electrons.